The average molecular weight is 710 g/mol. The number of hydrogen-bond donors (Lipinski definition) is 2. The van der Waals surface area contributed by atoms with Gasteiger partial charge in [0.05, 0.1) is 18.3 Å². The van der Waals surface area contributed by atoms with Crippen molar-refractivity contribution >= 4 is 51.4 Å². The third-order valence-electron chi connectivity index (χ3n) is 8.44. The minimum Gasteiger partial charge on any atom is -0.351 e. The molecule has 0 unspecified atom stereocenters. The van der Waals surface area contributed by atoms with Gasteiger partial charge in [0, 0.05) is 30.9 Å². The number of nitrogens with one attached hydrogen (secondary N) is 1. The lowest BCUT2D eigenvalue weighted by Crippen LogP contribution is -2.32. The van der Waals surface area contributed by atoms with Gasteiger partial charge in [0.25, 0.3) is 0 Å². The normalized spacial score (nSPS) is 11.0. The van der Waals surface area contributed by atoms with E-state index in [-0.39, 0.29) is 17.5 Å². The zero-order valence-electron chi connectivity index (χ0n) is 29.2. The van der Waals surface area contributed by atoms with Crippen molar-refractivity contribution in [3.63, 3.8) is 0 Å². The number of hydrogen-bond acceptors (Lipinski definition) is 8. The number of urea groups is 1. The number of benzene rings is 4. The van der Waals surface area contributed by atoms with Crippen LogP contribution in [0.2, 0.25) is 0 Å². The number of carbonyl (C=O) groups excluding carboxylic acids is 1. The van der Waals surface area contributed by atoms with Crippen LogP contribution in [0, 0.1) is 25.5 Å². The number of imidazole rings is 2. The van der Waals surface area contributed by atoms with Crippen molar-refractivity contribution in [1.29, 1.82) is 0 Å². The lowest BCUT2D eigenvalue weighted by molar-refractivity contribution is 0.256. The van der Waals surface area contributed by atoms with Gasteiger partial charge < -0.3 is 20.2 Å². The third-order valence-corrected chi connectivity index (χ3v) is 8.44. The van der Waals surface area contributed by atoms with Gasteiger partial charge >= 0.3 is 6.03 Å². The Morgan fingerprint density at radius 3 is 1.74 bits per heavy atom. The van der Waals surface area contributed by atoms with Crippen LogP contribution in [0.3, 0.4) is 0 Å². The van der Waals surface area contributed by atoms with E-state index in [0.717, 1.165) is 16.8 Å². The van der Waals surface area contributed by atoms with E-state index in [1.54, 1.807) is 67.6 Å². The fourth-order valence-electron chi connectivity index (χ4n) is 5.83. The summed E-state index contributed by atoms with van der Waals surface area (Å²) >= 11 is 0. The first-order chi connectivity index (χ1) is 25.6. The first-order valence-electron chi connectivity index (χ1n) is 16.4. The molecule has 0 fully saturated rings. The molecule has 12 nitrogen and oxygen atoms in total. The summed E-state index contributed by atoms with van der Waals surface area (Å²) in [5, 5.41) is 3.30. The summed E-state index contributed by atoms with van der Waals surface area (Å²) < 4.78 is 30.5. The van der Waals surface area contributed by atoms with Gasteiger partial charge in [0.2, 0.25) is 0 Å². The number of carbonyl (C=O) groups is 1. The highest BCUT2D eigenvalue weighted by atomic mass is 19.1. The smallest absolute Gasteiger partial charge is 0.325 e. The molecule has 0 aliphatic heterocycles. The maximum absolute atomic E-state index is 13.5. The van der Waals surface area contributed by atoms with E-state index in [1.165, 1.54) is 29.2 Å². The molecule has 0 aliphatic rings. The minimum atomic E-state index is -0.696. The Bertz CT molecular complexity index is 2610. The van der Waals surface area contributed by atoms with Gasteiger partial charge in [0.15, 0.2) is 45.6 Å². The first-order valence-corrected chi connectivity index (χ1v) is 16.4. The van der Waals surface area contributed by atoms with E-state index in [4.69, 9.17) is 5.73 Å². The fourth-order valence-corrected chi connectivity index (χ4v) is 5.83. The Labute approximate surface area is 302 Å². The summed E-state index contributed by atoms with van der Waals surface area (Å²) in [6.07, 6.45) is 3.30. The minimum absolute atomic E-state index is 0.267. The second-order valence-electron chi connectivity index (χ2n) is 12.2. The van der Waals surface area contributed by atoms with Crippen LogP contribution in [0.1, 0.15) is 11.1 Å². The number of halogens is 2. The molecule has 264 valence electrons. The van der Waals surface area contributed by atoms with Gasteiger partial charge in [-0.3, -0.25) is 0 Å². The Hall–Kier alpha value is -7.09. The van der Waals surface area contributed by atoms with Crippen molar-refractivity contribution < 1.29 is 13.6 Å². The van der Waals surface area contributed by atoms with E-state index >= 15 is 0 Å². The number of aryl methyl sites for hydroxylation is 4. The Balaban J connectivity index is 0.000000165. The largest absolute Gasteiger partial charge is 0.351 e. The molecule has 8 rings (SSSR count). The van der Waals surface area contributed by atoms with Crippen LogP contribution in [-0.4, -0.2) is 45.1 Å². The average Bonchev–Trinajstić information content (AvgIpc) is 3.71. The highest BCUT2D eigenvalue weighted by Gasteiger charge is 2.24. The molecule has 0 aliphatic carbocycles. The van der Waals surface area contributed by atoms with Gasteiger partial charge in [0.1, 0.15) is 11.6 Å². The van der Waals surface area contributed by atoms with E-state index in [0.29, 0.717) is 56.6 Å². The summed E-state index contributed by atoms with van der Waals surface area (Å²) in [5.74, 6) is 1.16. The second-order valence-corrected chi connectivity index (χ2v) is 12.2. The Morgan fingerprint density at radius 2 is 1.19 bits per heavy atom. The lowest BCUT2D eigenvalue weighted by Gasteiger charge is -2.20. The molecule has 53 heavy (non-hydrogen) atoms. The van der Waals surface area contributed by atoms with Crippen LogP contribution >= 0.6 is 0 Å². The fraction of sp³-hybridized carbons (Fsp3) is 0.103. The number of nitrogens with zero attached hydrogens (tertiary/aromatic N) is 9. The van der Waals surface area contributed by atoms with Crippen molar-refractivity contribution in [2.75, 3.05) is 10.2 Å². The third kappa shape index (κ3) is 6.97. The summed E-state index contributed by atoms with van der Waals surface area (Å²) in [7, 11) is 3.68. The molecule has 0 saturated heterocycles. The monoisotopic (exact) mass is 709 g/mol. The number of rotatable bonds is 6. The van der Waals surface area contributed by atoms with Gasteiger partial charge in [-0.1, -0.05) is 36.4 Å². The molecule has 8 aromatic rings. The predicted octanol–water partition coefficient (Wildman–Crippen LogP) is 7.92. The summed E-state index contributed by atoms with van der Waals surface area (Å²) in [6.45, 7) is 3.62. The van der Waals surface area contributed by atoms with Crippen LogP contribution in [0.25, 0.3) is 45.1 Å². The van der Waals surface area contributed by atoms with E-state index in [2.05, 4.69) is 35.2 Å². The topological polar surface area (TPSA) is 146 Å². The molecule has 0 saturated carbocycles. The predicted molar refractivity (Wildman–Crippen MR) is 201 cm³/mol. The van der Waals surface area contributed by atoms with E-state index < -0.39 is 6.03 Å². The number of primary amides is 1. The molecular formula is C39H33F2N11O. The second kappa shape index (κ2) is 14.3. The molecule has 0 spiro atoms. The number of aromatic nitrogens is 8. The molecular weight excluding hydrogens is 677 g/mol. The van der Waals surface area contributed by atoms with E-state index in [9.17, 15) is 13.6 Å². The van der Waals surface area contributed by atoms with Gasteiger partial charge in [-0.15, -0.1) is 0 Å². The molecule has 2 amide bonds. The number of anilines is 4. The van der Waals surface area contributed by atoms with Crippen LogP contribution in [0.5, 0.6) is 0 Å². The molecule has 0 bridgehead atoms. The summed E-state index contributed by atoms with van der Waals surface area (Å²) in [4.78, 5) is 40.8. The molecule has 0 atom stereocenters. The Kier molecular flexibility index (Phi) is 9.25. The van der Waals surface area contributed by atoms with Gasteiger partial charge in [-0.25, -0.2) is 48.4 Å². The van der Waals surface area contributed by atoms with Crippen molar-refractivity contribution in [2.24, 2.45) is 19.8 Å². The van der Waals surface area contributed by atoms with Crippen LogP contribution in [0.4, 0.5) is 36.6 Å². The van der Waals surface area contributed by atoms with Crippen molar-refractivity contribution in [3.8, 4) is 22.8 Å². The van der Waals surface area contributed by atoms with Crippen LogP contribution < -0.4 is 16.0 Å². The zero-order chi connectivity index (χ0) is 37.2. The quantitative estimate of drug-likeness (QED) is 0.177. The van der Waals surface area contributed by atoms with E-state index in [1.807, 2.05) is 54.9 Å². The summed E-state index contributed by atoms with van der Waals surface area (Å²) in [5.41, 5.74) is 12.4. The molecule has 0 radical (unpaired) electrons. The molecule has 14 heteroatoms. The number of nitrogens with two attached hydrogens (primary N) is 1. The summed E-state index contributed by atoms with van der Waals surface area (Å²) in [6, 6.07) is 27.0. The molecule has 4 heterocycles. The Morgan fingerprint density at radius 1 is 0.679 bits per heavy atom. The highest BCUT2D eigenvalue weighted by Crippen LogP contribution is 2.33. The molecule has 4 aromatic carbocycles. The van der Waals surface area contributed by atoms with Gasteiger partial charge in [-0.2, -0.15) is 0 Å². The van der Waals surface area contributed by atoms with Crippen LogP contribution in [-0.2, 0) is 14.1 Å². The van der Waals surface area contributed by atoms with Crippen molar-refractivity contribution in [3.05, 3.63) is 132 Å². The first kappa shape index (κ1) is 34.4. The maximum Gasteiger partial charge on any atom is 0.325 e. The van der Waals surface area contributed by atoms with Crippen LogP contribution in [0.15, 0.2) is 110 Å². The highest BCUT2D eigenvalue weighted by molar-refractivity contribution is 6.03. The SMILES string of the molecule is Cc1cc(F)ccc1-c1nc(N(C(N)=O)c2ccccc2)c2ncn(C)c2n1.Cc1cc(F)ccc1-c1nc(Nc2ccccc2)c2ncn(C)c2n1. The van der Waals surface area contributed by atoms with Crippen molar-refractivity contribution in [2.45, 2.75) is 13.8 Å². The maximum atomic E-state index is 13.5. The number of para-hydroxylation sites is 2. The molecule has 4 aromatic heterocycles. The zero-order valence-corrected chi connectivity index (χ0v) is 29.2. The lowest BCUT2D eigenvalue weighted by atomic mass is 10.1. The number of amides is 2. The van der Waals surface area contributed by atoms with Crippen molar-refractivity contribution in [1.82, 2.24) is 39.0 Å². The number of fused-ring (bicyclic) bond motifs is 2. The van der Waals surface area contributed by atoms with Gasteiger partial charge in [-0.05, 0) is 85.6 Å². The molecule has 3 N–H and O–H groups in total. The standard InChI is InChI=1S/C20H17FN6O.C19H16FN5/c1-12-10-13(21)8-9-15(12)17-24-18-16(23-11-26(18)2)19(25-17)27(20(22)28)14-6-4-3-5-7-14;1-12-10-13(20)8-9-15(12)17-23-18(22-14-6-4-3-5-7-14)16-19(24-17)25(2)11-21-16/h3-11H,1-2H3,(H2,22,28);3-11H,1-2H3,(H,22,23,24).